The van der Waals surface area contributed by atoms with Gasteiger partial charge in [0.2, 0.25) is 0 Å². The van der Waals surface area contributed by atoms with Gasteiger partial charge in [-0.3, -0.25) is 19.5 Å². The third-order valence-corrected chi connectivity index (χ3v) is 7.16. The van der Waals surface area contributed by atoms with Crippen molar-refractivity contribution < 1.29 is 27.5 Å². The van der Waals surface area contributed by atoms with E-state index in [0.717, 1.165) is 17.7 Å². The monoisotopic (exact) mass is 562 g/mol. The van der Waals surface area contributed by atoms with E-state index >= 15 is 0 Å². The Labute approximate surface area is 235 Å². The van der Waals surface area contributed by atoms with Crippen LogP contribution in [0.2, 0.25) is 0 Å². The average Bonchev–Trinajstić information content (AvgIpc) is 3.19. The molecule has 1 aromatic heterocycles. The number of nitrogens with one attached hydrogen (secondary N) is 2. The molecule has 0 aliphatic carbocycles. The summed E-state index contributed by atoms with van der Waals surface area (Å²) in [6.45, 7) is 4.20. The van der Waals surface area contributed by atoms with E-state index in [1.54, 1.807) is 42.6 Å². The summed E-state index contributed by atoms with van der Waals surface area (Å²) in [5.74, 6) is -0.109. The van der Waals surface area contributed by atoms with Gasteiger partial charge in [-0.15, -0.1) is 0 Å². The minimum Gasteiger partial charge on any atom is -0.494 e. The fourth-order valence-electron chi connectivity index (χ4n) is 5.12. The van der Waals surface area contributed by atoms with E-state index in [9.17, 15) is 22.8 Å². The van der Waals surface area contributed by atoms with Crippen molar-refractivity contribution in [3.05, 3.63) is 89.1 Å². The SMILES string of the molecule is COc1cc(NC(C)CCCN2C(=O)c3ccccc3C2=O)c2nccc(C)c2c1Nc1cccc(C(F)(F)F)c1. The summed E-state index contributed by atoms with van der Waals surface area (Å²) in [4.78, 5) is 31.2. The van der Waals surface area contributed by atoms with Crippen LogP contribution < -0.4 is 15.4 Å². The summed E-state index contributed by atoms with van der Waals surface area (Å²) in [5.41, 5.74) is 3.08. The topological polar surface area (TPSA) is 83.6 Å². The van der Waals surface area contributed by atoms with Gasteiger partial charge in [0.25, 0.3) is 11.8 Å². The number of halogens is 3. The second-order valence-electron chi connectivity index (χ2n) is 10.1. The van der Waals surface area contributed by atoms with Crippen LogP contribution in [-0.4, -0.2) is 41.4 Å². The number of nitrogens with zero attached hydrogens (tertiary/aromatic N) is 2. The van der Waals surface area contributed by atoms with Crippen LogP contribution in [0.3, 0.4) is 0 Å². The lowest BCUT2D eigenvalue weighted by atomic mass is 10.0. The molecule has 0 bridgehead atoms. The molecule has 0 fully saturated rings. The summed E-state index contributed by atoms with van der Waals surface area (Å²) in [6, 6.07) is 15.4. The number of alkyl halides is 3. The van der Waals surface area contributed by atoms with Gasteiger partial charge >= 0.3 is 6.18 Å². The number of amides is 2. The maximum Gasteiger partial charge on any atom is 0.416 e. The van der Waals surface area contributed by atoms with E-state index < -0.39 is 11.7 Å². The summed E-state index contributed by atoms with van der Waals surface area (Å²) >= 11 is 0. The number of imide groups is 1. The minimum atomic E-state index is -4.47. The van der Waals surface area contributed by atoms with Crippen LogP contribution in [0.15, 0.2) is 66.9 Å². The molecule has 0 saturated heterocycles. The van der Waals surface area contributed by atoms with Gasteiger partial charge in [-0.05, 0) is 68.7 Å². The summed E-state index contributed by atoms with van der Waals surface area (Å²) in [6.07, 6.45) is -1.54. The predicted molar refractivity (Wildman–Crippen MR) is 152 cm³/mol. The fourth-order valence-corrected chi connectivity index (χ4v) is 5.12. The van der Waals surface area contributed by atoms with Crippen molar-refractivity contribution in [2.75, 3.05) is 24.3 Å². The van der Waals surface area contributed by atoms with E-state index in [1.165, 1.54) is 18.1 Å². The van der Waals surface area contributed by atoms with Gasteiger partial charge in [0.05, 0.1) is 40.7 Å². The van der Waals surface area contributed by atoms with Gasteiger partial charge in [0, 0.05) is 35.9 Å². The molecule has 1 unspecified atom stereocenters. The number of rotatable bonds is 9. The number of benzene rings is 3. The third-order valence-electron chi connectivity index (χ3n) is 7.16. The molecule has 1 atom stereocenters. The standard InChI is InChI=1S/C31H29F3N4O3/c1-18-13-14-35-27-24(36-19(2)8-7-15-38-29(39)22-11-4-5-12-23(22)30(38)40)17-25(41-3)28(26(18)27)37-21-10-6-9-20(16-21)31(32,33)34/h4-6,9-14,16-17,19,36-37H,7-8,15H2,1-3H3. The second kappa shape index (κ2) is 11.1. The molecule has 4 aromatic rings. The maximum atomic E-state index is 13.3. The Morgan fingerprint density at radius 3 is 2.37 bits per heavy atom. The van der Waals surface area contributed by atoms with Crippen LogP contribution in [0, 0.1) is 6.92 Å². The molecule has 10 heteroatoms. The van der Waals surface area contributed by atoms with Gasteiger partial charge < -0.3 is 15.4 Å². The predicted octanol–water partition coefficient (Wildman–Crippen LogP) is 7.19. The molecule has 0 radical (unpaired) electrons. The normalized spacial score (nSPS) is 13.9. The number of fused-ring (bicyclic) bond motifs is 2. The number of anilines is 3. The quantitative estimate of drug-likeness (QED) is 0.210. The number of aryl methyl sites for hydroxylation is 1. The van der Waals surface area contributed by atoms with E-state index in [4.69, 9.17) is 4.74 Å². The first-order chi connectivity index (χ1) is 19.6. The Morgan fingerprint density at radius 1 is 1.00 bits per heavy atom. The highest BCUT2D eigenvalue weighted by Gasteiger charge is 2.34. The van der Waals surface area contributed by atoms with Crippen LogP contribution in [0.4, 0.5) is 30.2 Å². The molecule has 1 aliphatic heterocycles. The zero-order valence-corrected chi connectivity index (χ0v) is 22.8. The molecule has 7 nitrogen and oxygen atoms in total. The first kappa shape index (κ1) is 27.9. The van der Waals surface area contributed by atoms with Crippen molar-refractivity contribution in [1.82, 2.24) is 9.88 Å². The van der Waals surface area contributed by atoms with Crippen LogP contribution in [0.1, 0.15) is 51.6 Å². The van der Waals surface area contributed by atoms with Gasteiger partial charge in [-0.2, -0.15) is 13.2 Å². The number of pyridine rings is 1. The lowest BCUT2D eigenvalue weighted by molar-refractivity contribution is -0.137. The van der Waals surface area contributed by atoms with E-state index in [0.29, 0.717) is 58.5 Å². The lowest BCUT2D eigenvalue weighted by Crippen LogP contribution is -2.31. The Bertz CT molecular complexity index is 1600. The van der Waals surface area contributed by atoms with Gasteiger partial charge in [-0.1, -0.05) is 18.2 Å². The zero-order chi connectivity index (χ0) is 29.3. The molecular weight excluding hydrogens is 533 g/mol. The van der Waals surface area contributed by atoms with Gasteiger partial charge in [-0.25, -0.2) is 0 Å². The molecule has 0 saturated carbocycles. The molecule has 2 heterocycles. The van der Waals surface area contributed by atoms with Crippen molar-refractivity contribution in [2.24, 2.45) is 0 Å². The molecule has 0 spiro atoms. The Balaban J connectivity index is 1.35. The number of hydrogen-bond donors (Lipinski definition) is 2. The molecule has 5 rings (SSSR count). The molecule has 2 N–H and O–H groups in total. The van der Waals surface area contributed by atoms with Crippen molar-refractivity contribution in [1.29, 1.82) is 0 Å². The molecule has 41 heavy (non-hydrogen) atoms. The van der Waals surface area contributed by atoms with Crippen molar-refractivity contribution >= 4 is 39.8 Å². The largest absolute Gasteiger partial charge is 0.494 e. The first-order valence-corrected chi connectivity index (χ1v) is 13.2. The van der Waals surface area contributed by atoms with Gasteiger partial charge in [0.1, 0.15) is 5.75 Å². The van der Waals surface area contributed by atoms with Crippen LogP contribution >= 0.6 is 0 Å². The third kappa shape index (κ3) is 5.54. The van der Waals surface area contributed by atoms with E-state index in [2.05, 4.69) is 15.6 Å². The molecule has 3 aromatic carbocycles. The van der Waals surface area contributed by atoms with Crippen LogP contribution in [0.5, 0.6) is 5.75 Å². The van der Waals surface area contributed by atoms with Gasteiger partial charge in [0.15, 0.2) is 0 Å². The van der Waals surface area contributed by atoms with Crippen molar-refractivity contribution in [2.45, 2.75) is 38.9 Å². The smallest absolute Gasteiger partial charge is 0.416 e. The van der Waals surface area contributed by atoms with E-state index in [-0.39, 0.29) is 23.5 Å². The highest BCUT2D eigenvalue weighted by Crippen LogP contribution is 2.42. The number of methoxy groups -OCH3 is 1. The highest BCUT2D eigenvalue weighted by molar-refractivity contribution is 6.21. The molecule has 2 amide bonds. The summed E-state index contributed by atoms with van der Waals surface area (Å²) in [7, 11) is 1.50. The molecule has 212 valence electrons. The minimum absolute atomic E-state index is 0.0531. The average molecular weight is 563 g/mol. The summed E-state index contributed by atoms with van der Waals surface area (Å²) in [5, 5.41) is 7.30. The Morgan fingerprint density at radius 2 is 1.71 bits per heavy atom. The van der Waals surface area contributed by atoms with Crippen LogP contribution in [-0.2, 0) is 6.18 Å². The molecular formula is C31H29F3N4O3. The Hall–Kier alpha value is -4.60. The van der Waals surface area contributed by atoms with Crippen molar-refractivity contribution in [3.63, 3.8) is 0 Å². The number of carbonyl (C=O) groups excluding carboxylic acids is 2. The zero-order valence-electron chi connectivity index (χ0n) is 22.8. The number of carbonyl (C=O) groups is 2. The fraction of sp³-hybridized carbons (Fsp3) is 0.258. The van der Waals surface area contributed by atoms with Crippen LogP contribution in [0.25, 0.3) is 10.9 Å². The number of hydrogen-bond acceptors (Lipinski definition) is 6. The number of ether oxygens (including phenoxy) is 1. The maximum absolute atomic E-state index is 13.3. The first-order valence-electron chi connectivity index (χ1n) is 13.2. The second-order valence-corrected chi connectivity index (χ2v) is 10.1. The summed E-state index contributed by atoms with van der Waals surface area (Å²) < 4.78 is 45.6. The lowest BCUT2D eigenvalue weighted by Gasteiger charge is -2.22. The van der Waals surface area contributed by atoms with Crippen molar-refractivity contribution in [3.8, 4) is 5.75 Å². The van der Waals surface area contributed by atoms with E-state index in [1.807, 2.05) is 19.9 Å². The Kier molecular flexibility index (Phi) is 7.57. The number of aromatic nitrogens is 1. The molecule has 1 aliphatic rings. The highest BCUT2D eigenvalue weighted by atomic mass is 19.4.